The van der Waals surface area contributed by atoms with Crippen LogP contribution in [-0.2, 0) is 16.1 Å². The number of methoxy groups -OCH3 is 1. The number of amides is 1. The van der Waals surface area contributed by atoms with E-state index in [1.54, 1.807) is 36.7 Å². The molecule has 0 spiro atoms. The number of aliphatic hydroxyl groups is 1. The monoisotopic (exact) mass is 452 g/mol. The molecule has 2 aromatic carbocycles. The minimum absolute atomic E-state index is 0.0000369. The molecule has 162 valence electrons. The highest BCUT2D eigenvalue weighted by Gasteiger charge is 2.47. The zero-order valence-corrected chi connectivity index (χ0v) is 17.7. The topological polar surface area (TPSA) is 79.7 Å². The summed E-state index contributed by atoms with van der Waals surface area (Å²) < 4.78 is 20.0. The summed E-state index contributed by atoms with van der Waals surface area (Å²) in [4.78, 5) is 31.3. The number of hydrogen-bond acceptors (Lipinski definition) is 5. The van der Waals surface area contributed by atoms with Crippen molar-refractivity contribution in [3.05, 3.63) is 100 Å². The average Bonchev–Trinajstić information content (AvgIpc) is 3.05. The summed E-state index contributed by atoms with van der Waals surface area (Å²) in [7, 11) is 1.44. The zero-order valence-electron chi connectivity index (χ0n) is 17.0. The van der Waals surface area contributed by atoms with Gasteiger partial charge < -0.3 is 14.7 Å². The largest absolute Gasteiger partial charge is 0.507 e. The Balaban J connectivity index is 1.92. The fraction of sp³-hybridized carbons (Fsp3) is 0.125. The summed E-state index contributed by atoms with van der Waals surface area (Å²) in [6.07, 6.45) is 3.13. The minimum atomic E-state index is -1.15. The van der Waals surface area contributed by atoms with Crippen molar-refractivity contribution >= 4 is 29.1 Å². The number of rotatable bonds is 5. The van der Waals surface area contributed by atoms with Gasteiger partial charge in [-0.05, 0) is 35.9 Å². The first-order valence-electron chi connectivity index (χ1n) is 9.68. The van der Waals surface area contributed by atoms with Crippen molar-refractivity contribution in [3.63, 3.8) is 0 Å². The van der Waals surface area contributed by atoms with Crippen LogP contribution in [0, 0.1) is 5.82 Å². The first-order chi connectivity index (χ1) is 15.4. The first kappa shape index (κ1) is 21.5. The second kappa shape index (κ2) is 8.80. The Morgan fingerprint density at radius 1 is 1.19 bits per heavy atom. The molecule has 0 aliphatic carbocycles. The molecule has 4 rings (SSSR count). The van der Waals surface area contributed by atoms with Crippen molar-refractivity contribution in [1.82, 2.24) is 9.88 Å². The fourth-order valence-electron chi connectivity index (χ4n) is 3.71. The molecule has 1 unspecified atom stereocenters. The quantitative estimate of drug-likeness (QED) is 0.350. The number of benzene rings is 2. The van der Waals surface area contributed by atoms with Gasteiger partial charge in [0.2, 0.25) is 0 Å². The molecule has 1 saturated heterocycles. The van der Waals surface area contributed by atoms with E-state index in [0.29, 0.717) is 11.3 Å². The maximum atomic E-state index is 14.8. The molecular formula is C24H18ClFN2O4. The number of aliphatic hydroxyl groups excluding tert-OH is 1. The number of pyridine rings is 1. The summed E-state index contributed by atoms with van der Waals surface area (Å²) >= 11 is 6.26. The third-order valence-corrected chi connectivity index (χ3v) is 5.57. The lowest BCUT2D eigenvalue weighted by molar-refractivity contribution is -0.140. The predicted molar refractivity (Wildman–Crippen MR) is 116 cm³/mol. The van der Waals surface area contributed by atoms with Crippen LogP contribution in [0.1, 0.15) is 22.7 Å². The maximum absolute atomic E-state index is 14.8. The predicted octanol–water partition coefficient (Wildman–Crippen LogP) is 4.50. The van der Waals surface area contributed by atoms with Gasteiger partial charge in [0.15, 0.2) is 0 Å². The summed E-state index contributed by atoms with van der Waals surface area (Å²) in [6.45, 7) is 0.0000369. The van der Waals surface area contributed by atoms with Crippen LogP contribution in [0.4, 0.5) is 4.39 Å². The lowest BCUT2D eigenvalue weighted by Gasteiger charge is -2.25. The van der Waals surface area contributed by atoms with E-state index in [2.05, 4.69) is 4.98 Å². The van der Waals surface area contributed by atoms with Gasteiger partial charge >= 0.3 is 0 Å². The van der Waals surface area contributed by atoms with Gasteiger partial charge in [-0.15, -0.1) is 0 Å². The number of ether oxygens (including phenoxy) is 1. The molecule has 6 nitrogen and oxygen atoms in total. The van der Waals surface area contributed by atoms with Gasteiger partial charge in [0.05, 0.1) is 23.7 Å². The molecule has 8 heteroatoms. The highest BCUT2D eigenvalue weighted by Crippen LogP contribution is 2.42. The third kappa shape index (κ3) is 3.83. The Kier molecular flexibility index (Phi) is 5.92. The molecule has 0 radical (unpaired) electrons. The number of carbonyl (C=O) groups excluding carboxylic acids is 2. The van der Waals surface area contributed by atoms with E-state index in [1.165, 1.54) is 42.3 Å². The summed E-state index contributed by atoms with van der Waals surface area (Å²) in [6, 6.07) is 12.6. The van der Waals surface area contributed by atoms with Gasteiger partial charge in [0.1, 0.15) is 17.3 Å². The molecule has 2 heterocycles. The molecule has 1 atom stereocenters. The van der Waals surface area contributed by atoms with Crippen molar-refractivity contribution in [3.8, 4) is 5.75 Å². The first-order valence-corrected chi connectivity index (χ1v) is 10.1. The third-order valence-electron chi connectivity index (χ3n) is 5.24. The lowest BCUT2D eigenvalue weighted by Crippen LogP contribution is -2.29. The summed E-state index contributed by atoms with van der Waals surface area (Å²) in [5, 5.41) is 11.3. The van der Waals surface area contributed by atoms with E-state index < -0.39 is 29.3 Å². The van der Waals surface area contributed by atoms with Crippen molar-refractivity contribution in [2.75, 3.05) is 7.11 Å². The SMILES string of the molecule is COc1ccc(Cl)c(/C(O)=C2\C(=O)C(=O)N(Cc3cccnc3)C2c2ccccc2F)c1. The molecule has 3 aromatic rings. The molecular weight excluding hydrogens is 435 g/mol. The number of halogens is 2. The number of carbonyl (C=O) groups is 2. The van der Waals surface area contributed by atoms with Crippen LogP contribution >= 0.6 is 11.6 Å². The van der Waals surface area contributed by atoms with Crippen LogP contribution in [0.3, 0.4) is 0 Å². The van der Waals surface area contributed by atoms with E-state index in [1.807, 2.05) is 0 Å². The maximum Gasteiger partial charge on any atom is 0.295 e. The van der Waals surface area contributed by atoms with Crippen molar-refractivity contribution in [2.45, 2.75) is 12.6 Å². The van der Waals surface area contributed by atoms with Crippen LogP contribution in [0.5, 0.6) is 5.75 Å². The van der Waals surface area contributed by atoms with Gasteiger partial charge in [0.25, 0.3) is 11.7 Å². The van der Waals surface area contributed by atoms with Crippen LogP contribution in [0.15, 0.2) is 72.6 Å². The van der Waals surface area contributed by atoms with Crippen molar-refractivity contribution in [2.24, 2.45) is 0 Å². The zero-order chi connectivity index (χ0) is 22.8. The van der Waals surface area contributed by atoms with Gasteiger partial charge in [-0.1, -0.05) is 35.9 Å². The molecule has 1 aliphatic rings. The van der Waals surface area contributed by atoms with Crippen LogP contribution in [0.2, 0.25) is 5.02 Å². The Morgan fingerprint density at radius 2 is 1.97 bits per heavy atom. The van der Waals surface area contributed by atoms with E-state index in [4.69, 9.17) is 16.3 Å². The number of hydrogen-bond donors (Lipinski definition) is 1. The van der Waals surface area contributed by atoms with Crippen LogP contribution in [0.25, 0.3) is 5.76 Å². The number of likely N-dealkylation sites (tertiary alicyclic amines) is 1. The van der Waals surface area contributed by atoms with Gasteiger partial charge in [-0.2, -0.15) is 0 Å². The van der Waals surface area contributed by atoms with Gasteiger partial charge in [-0.25, -0.2) is 4.39 Å². The smallest absolute Gasteiger partial charge is 0.295 e. The van der Waals surface area contributed by atoms with Gasteiger partial charge in [-0.3, -0.25) is 14.6 Å². The molecule has 0 bridgehead atoms. The van der Waals surface area contributed by atoms with Crippen molar-refractivity contribution in [1.29, 1.82) is 0 Å². The van der Waals surface area contributed by atoms with E-state index in [9.17, 15) is 19.1 Å². The van der Waals surface area contributed by atoms with E-state index in [-0.39, 0.29) is 28.3 Å². The van der Waals surface area contributed by atoms with Crippen LogP contribution < -0.4 is 4.74 Å². The van der Waals surface area contributed by atoms with Crippen LogP contribution in [-0.4, -0.2) is 33.8 Å². The standard InChI is InChI=1S/C24H18ClFN2O4/c1-32-15-8-9-18(25)17(11-15)22(29)20-21(16-6-2-3-7-19(16)26)28(24(31)23(20)30)13-14-5-4-10-27-12-14/h2-12,21,29H,13H2,1H3/b22-20+. The number of aromatic nitrogens is 1. The van der Waals surface area contributed by atoms with Gasteiger partial charge in [0, 0.05) is 30.1 Å². The molecule has 0 saturated carbocycles. The molecule has 1 N–H and O–H groups in total. The summed E-state index contributed by atoms with van der Waals surface area (Å²) in [5.74, 6) is -2.52. The molecule has 1 fully saturated rings. The Hall–Kier alpha value is -3.71. The second-order valence-electron chi connectivity index (χ2n) is 7.16. The number of ketones is 1. The highest BCUT2D eigenvalue weighted by atomic mass is 35.5. The number of nitrogens with zero attached hydrogens (tertiary/aromatic N) is 2. The average molecular weight is 453 g/mol. The highest BCUT2D eigenvalue weighted by molar-refractivity contribution is 6.47. The molecule has 32 heavy (non-hydrogen) atoms. The van der Waals surface area contributed by atoms with E-state index >= 15 is 0 Å². The Bertz CT molecular complexity index is 1230. The van der Waals surface area contributed by atoms with E-state index in [0.717, 1.165) is 0 Å². The Morgan fingerprint density at radius 3 is 2.66 bits per heavy atom. The van der Waals surface area contributed by atoms with Crippen molar-refractivity contribution < 1.29 is 23.8 Å². The Labute approximate surface area is 188 Å². The second-order valence-corrected chi connectivity index (χ2v) is 7.56. The lowest BCUT2D eigenvalue weighted by atomic mass is 9.94. The molecule has 1 aliphatic heterocycles. The summed E-state index contributed by atoms with van der Waals surface area (Å²) in [5.41, 5.74) is 0.581. The normalized spacial score (nSPS) is 17.6. The number of Topliss-reactive ketones (excluding diaryl/α,β-unsaturated/α-hetero) is 1. The molecule has 1 amide bonds. The fourth-order valence-corrected chi connectivity index (χ4v) is 3.92. The molecule has 1 aromatic heterocycles. The minimum Gasteiger partial charge on any atom is -0.507 e.